The number of carbonyl (C=O) groups excluding carboxylic acids is 8. The number of guanidine groups is 1. The summed E-state index contributed by atoms with van der Waals surface area (Å²) in [7, 11) is 0. The summed E-state index contributed by atoms with van der Waals surface area (Å²) in [5.74, 6) is -13.5. The largest absolute Gasteiger partial charge is 0.508 e. The SMILES string of the molecule is CCC(C)C(NC(=O)C(Cc1ccc(O)cc1)NC(=O)C(NC(=O)C(CCCN=C(N)N)NC(=O)C(N)CC(=O)O)C(C)C)C(=O)NC(Cc1cnc[nH]1)C(=O)N1CCCC1C(=O)NC(Cc1ccccc1)C(=O)NC(Cc1cnc[nH]1)C(=O)O.O=C(O)C(F)(F)F. The van der Waals surface area contributed by atoms with Crippen molar-refractivity contribution in [1.82, 2.24) is 62.1 Å². The van der Waals surface area contributed by atoms with E-state index in [4.69, 9.17) is 27.1 Å². The third-order valence-electron chi connectivity index (χ3n) is 14.5. The van der Waals surface area contributed by atoms with Gasteiger partial charge < -0.3 is 89.7 Å². The highest BCUT2D eigenvalue weighted by Gasteiger charge is 2.42. The van der Waals surface area contributed by atoms with Crippen LogP contribution in [0.15, 0.2) is 84.6 Å². The summed E-state index contributed by atoms with van der Waals surface area (Å²) in [5, 5.41) is 55.1. The number of nitrogens with two attached hydrogens (primary N) is 3. The molecule has 502 valence electrons. The molecule has 1 aliphatic heterocycles. The molecular weight excluding hydrogens is 1220 g/mol. The molecule has 1 fully saturated rings. The van der Waals surface area contributed by atoms with Crippen LogP contribution in [-0.2, 0) is 78.4 Å². The molecule has 0 bridgehead atoms. The summed E-state index contributed by atoms with van der Waals surface area (Å²) in [5.41, 5.74) is 18.7. The summed E-state index contributed by atoms with van der Waals surface area (Å²) in [4.78, 5) is 165. The van der Waals surface area contributed by atoms with E-state index >= 15 is 0 Å². The van der Waals surface area contributed by atoms with Crippen LogP contribution in [0.25, 0.3) is 0 Å². The fourth-order valence-electron chi connectivity index (χ4n) is 9.41. The number of carboxylic acids is 3. The Kier molecular flexibility index (Phi) is 29.0. The monoisotopic (exact) mass is 1300 g/mol. The number of aromatic hydroxyl groups is 1. The number of aliphatic imine (C=N–C) groups is 1. The molecule has 3 heterocycles. The van der Waals surface area contributed by atoms with Gasteiger partial charge in [0.15, 0.2) is 5.96 Å². The van der Waals surface area contributed by atoms with Crippen molar-refractivity contribution in [2.45, 2.75) is 152 Å². The molecule has 1 saturated heterocycles. The molecule has 0 saturated carbocycles. The summed E-state index contributed by atoms with van der Waals surface area (Å²) in [6.07, 6.45) is 0.205. The Morgan fingerprint density at radius 2 is 1.16 bits per heavy atom. The van der Waals surface area contributed by atoms with Crippen LogP contribution in [0.3, 0.4) is 0 Å². The lowest BCUT2D eigenvalue weighted by atomic mass is 9.96. The number of carbonyl (C=O) groups is 11. The Morgan fingerprint density at radius 3 is 1.68 bits per heavy atom. The van der Waals surface area contributed by atoms with E-state index in [1.807, 2.05) is 0 Å². The van der Waals surface area contributed by atoms with Gasteiger partial charge in [0.25, 0.3) is 0 Å². The molecule has 8 amide bonds. The van der Waals surface area contributed by atoms with Gasteiger partial charge in [-0.15, -0.1) is 0 Å². The zero-order valence-corrected chi connectivity index (χ0v) is 50.8. The maximum absolute atomic E-state index is 14.9. The lowest BCUT2D eigenvalue weighted by Crippen LogP contribution is -2.62. The topological polar surface area (TPSA) is 504 Å². The van der Waals surface area contributed by atoms with Crippen LogP contribution in [0.5, 0.6) is 5.75 Å². The van der Waals surface area contributed by atoms with Crippen molar-refractivity contribution in [3.05, 3.63) is 102 Å². The van der Waals surface area contributed by atoms with Gasteiger partial charge in [0.05, 0.1) is 25.1 Å². The average Bonchev–Trinajstić information content (AvgIpc) is 1.63. The third-order valence-corrected chi connectivity index (χ3v) is 14.5. The van der Waals surface area contributed by atoms with Crippen LogP contribution < -0.4 is 54.4 Å². The van der Waals surface area contributed by atoms with Gasteiger partial charge in [-0.05, 0) is 60.8 Å². The maximum Gasteiger partial charge on any atom is 0.490 e. The van der Waals surface area contributed by atoms with Gasteiger partial charge in [-0.2, -0.15) is 13.2 Å². The summed E-state index contributed by atoms with van der Waals surface area (Å²) in [6.45, 7) is 6.81. The number of hydrogen-bond acceptors (Lipinski definition) is 16. The minimum absolute atomic E-state index is 0.0369. The van der Waals surface area contributed by atoms with Gasteiger partial charge in [0.2, 0.25) is 47.3 Å². The fraction of sp³-hybridized carbons (Fsp3) is 0.483. The number of likely N-dealkylation sites (tertiary alicyclic amines) is 1. The quantitative estimate of drug-likeness (QED) is 0.0151. The molecule has 34 heteroatoms. The van der Waals surface area contributed by atoms with Crippen molar-refractivity contribution in [1.29, 1.82) is 0 Å². The number of hydrogen-bond donors (Lipinski definition) is 16. The van der Waals surface area contributed by atoms with Gasteiger partial charge in [-0.1, -0.05) is 76.6 Å². The van der Waals surface area contributed by atoms with Gasteiger partial charge in [0.1, 0.15) is 54.1 Å². The minimum Gasteiger partial charge on any atom is -0.508 e. The zero-order valence-electron chi connectivity index (χ0n) is 50.8. The number of alkyl halides is 3. The highest BCUT2D eigenvalue weighted by atomic mass is 19.4. The number of aliphatic carboxylic acids is 3. The number of benzene rings is 2. The standard InChI is InChI=1S/C56H78N16O13.C2HF3O2/c1-5-31(4)46(71-50(79)40(22-33-15-17-36(73)18-16-33)67-52(81)45(30(2)3)70-48(77)38(13-9-19-62-56(58)59)65-47(76)37(57)25-44(74)75)53(82)68-41(23-34-26-60-28-63-34)54(83)72-20-10-14-43(72)51(80)66-39(21-32-11-7-6-8-12-32)49(78)69-42(55(84)85)24-35-27-61-29-64-35;3-2(4,5)1(6)7/h6-8,11-12,15-18,26-31,37-43,45-46,73H,5,9-10,13-14,19-25,57H2,1-4H3,(H,60,63)(H,61,64)(H,65,76)(H,66,80)(H,67,81)(H,68,82)(H,69,78)(H,70,77)(H,71,79)(H,74,75)(H,84,85)(H4,58,59,62);(H,6,7). The predicted molar refractivity (Wildman–Crippen MR) is 321 cm³/mol. The van der Waals surface area contributed by atoms with Gasteiger partial charge >= 0.3 is 24.1 Å². The van der Waals surface area contributed by atoms with E-state index in [1.165, 1.54) is 54.2 Å². The van der Waals surface area contributed by atoms with E-state index in [0.717, 1.165) is 0 Å². The fourth-order valence-corrected chi connectivity index (χ4v) is 9.41. The molecule has 4 aromatic rings. The number of nitrogens with one attached hydrogen (secondary N) is 9. The zero-order chi connectivity index (χ0) is 68.4. The highest BCUT2D eigenvalue weighted by Crippen LogP contribution is 2.22. The molecule has 5 rings (SSSR count). The summed E-state index contributed by atoms with van der Waals surface area (Å²) >= 11 is 0. The minimum atomic E-state index is -5.08. The molecule has 31 nitrogen and oxygen atoms in total. The molecule has 0 aliphatic carbocycles. The number of H-pyrrole nitrogens is 2. The van der Waals surface area contributed by atoms with Gasteiger partial charge in [-0.25, -0.2) is 19.6 Å². The number of aromatic amines is 2. The lowest BCUT2D eigenvalue weighted by molar-refractivity contribution is -0.192. The van der Waals surface area contributed by atoms with E-state index in [-0.39, 0.29) is 69.7 Å². The van der Waals surface area contributed by atoms with Crippen molar-refractivity contribution in [3.63, 3.8) is 0 Å². The number of carboxylic acid groups (broad SMARTS) is 3. The van der Waals surface area contributed by atoms with Gasteiger partial charge in [0, 0.05) is 62.6 Å². The molecule has 10 unspecified atom stereocenters. The Labute approximate surface area is 525 Å². The molecule has 2 aromatic heterocycles. The van der Waals surface area contributed by atoms with Crippen molar-refractivity contribution in [2.24, 2.45) is 34.0 Å². The van der Waals surface area contributed by atoms with Crippen molar-refractivity contribution in [2.75, 3.05) is 13.1 Å². The van der Waals surface area contributed by atoms with Crippen LogP contribution in [0.1, 0.15) is 88.7 Å². The first-order valence-corrected chi connectivity index (χ1v) is 29.1. The second kappa shape index (κ2) is 35.9. The van der Waals surface area contributed by atoms with E-state index in [2.05, 4.69) is 62.1 Å². The van der Waals surface area contributed by atoms with Gasteiger partial charge in [-0.3, -0.25) is 48.1 Å². The van der Waals surface area contributed by atoms with Crippen LogP contribution in [0.2, 0.25) is 0 Å². The Balaban J connectivity index is 0.00000243. The van der Waals surface area contributed by atoms with Crippen LogP contribution in [0, 0.1) is 11.8 Å². The van der Waals surface area contributed by atoms with Crippen LogP contribution in [0.4, 0.5) is 13.2 Å². The molecular formula is C58H79F3N16O15. The molecule has 92 heavy (non-hydrogen) atoms. The highest BCUT2D eigenvalue weighted by molar-refractivity contribution is 5.99. The first kappa shape index (κ1) is 74.3. The molecule has 0 radical (unpaired) electrons. The number of halogens is 3. The Hall–Kier alpha value is -10.2. The van der Waals surface area contributed by atoms with Crippen LogP contribution in [-0.4, -0.2) is 190 Å². The second-order valence-electron chi connectivity index (χ2n) is 22.0. The molecule has 0 spiro atoms. The summed E-state index contributed by atoms with van der Waals surface area (Å²) < 4.78 is 31.7. The average molecular weight is 1300 g/mol. The number of rotatable bonds is 33. The second-order valence-corrected chi connectivity index (χ2v) is 22.0. The van der Waals surface area contributed by atoms with Crippen molar-refractivity contribution >= 4 is 71.1 Å². The molecule has 2 aromatic carbocycles. The number of phenols is 1. The number of imidazole rings is 2. The Bertz CT molecular complexity index is 3150. The number of nitrogens with zero attached hydrogens (tertiary/aromatic N) is 4. The lowest BCUT2D eigenvalue weighted by Gasteiger charge is -2.32. The van der Waals surface area contributed by atoms with Crippen molar-refractivity contribution in [3.8, 4) is 5.75 Å². The number of phenolic OH excluding ortho intramolecular Hbond substituents is 1. The summed E-state index contributed by atoms with van der Waals surface area (Å²) in [6, 6.07) is 2.25. The predicted octanol–water partition coefficient (Wildman–Crippen LogP) is -1.23. The van der Waals surface area contributed by atoms with E-state index < -0.39 is 144 Å². The van der Waals surface area contributed by atoms with E-state index in [0.29, 0.717) is 35.4 Å². The van der Waals surface area contributed by atoms with Crippen LogP contribution >= 0.6 is 0 Å². The molecule has 19 N–H and O–H groups in total. The number of amides is 8. The smallest absolute Gasteiger partial charge is 0.490 e. The maximum atomic E-state index is 14.9. The normalized spacial score (nSPS) is 15.8. The van der Waals surface area contributed by atoms with E-state index in [1.54, 1.807) is 58.0 Å². The van der Waals surface area contributed by atoms with Crippen molar-refractivity contribution < 1.29 is 86.3 Å². The first-order chi connectivity index (χ1) is 43.4. The molecule has 10 atom stereocenters. The number of aromatic nitrogens is 4. The third kappa shape index (κ3) is 24.3. The van der Waals surface area contributed by atoms with E-state index in [9.17, 15) is 76.4 Å². The first-order valence-electron chi connectivity index (χ1n) is 29.1. The Morgan fingerprint density at radius 1 is 0.663 bits per heavy atom. The molecule has 1 aliphatic rings.